The quantitative estimate of drug-likeness (QED) is 0.661. The van der Waals surface area contributed by atoms with E-state index in [0.29, 0.717) is 24.2 Å². The number of aromatic nitrogens is 2. The number of nitrogens with one attached hydrogen (secondary N) is 2. The molecule has 1 aromatic heterocycles. The second kappa shape index (κ2) is 8.20. The van der Waals surface area contributed by atoms with Crippen molar-refractivity contribution in [1.29, 1.82) is 0 Å². The lowest BCUT2D eigenvalue weighted by atomic mass is 10.3. The van der Waals surface area contributed by atoms with Crippen LogP contribution in [0.15, 0.2) is 4.42 Å². The number of hydrogen-bond donors (Lipinski definition) is 2. The first kappa shape index (κ1) is 15.1. The molecule has 104 valence electrons. The fourth-order valence-electron chi connectivity index (χ4n) is 1.40. The smallest absolute Gasteiger partial charge is 0.315 e. The monoisotopic (exact) mass is 274 g/mol. The highest BCUT2D eigenvalue weighted by molar-refractivity contribution is 7.84. The molecule has 0 saturated heterocycles. The summed E-state index contributed by atoms with van der Waals surface area (Å²) in [7, 11) is -0.746. The fraction of sp³-hybridized carbons (Fsp3) is 0.818. The van der Waals surface area contributed by atoms with Gasteiger partial charge in [0.05, 0.1) is 6.04 Å². The van der Waals surface area contributed by atoms with E-state index >= 15 is 0 Å². The average Bonchev–Trinajstić information content (AvgIpc) is 2.80. The Morgan fingerprint density at radius 1 is 1.39 bits per heavy atom. The molecule has 2 N–H and O–H groups in total. The molecule has 0 spiro atoms. The molecule has 0 aliphatic heterocycles. The minimum Gasteiger partial charge on any atom is -0.406 e. The number of hydrogen-bond acceptors (Lipinski definition) is 6. The Balaban J connectivity index is 2.31. The summed E-state index contributed by atoms with van der Waals surface area (Å²) in [6, 6.07) is 0.494. The van der Waals surface area contributed by atoms with Crippen LogP contribution < -0.4 is 10.6 Å². The number of anilines is 1. The molecule has 0 radical (unpaired) electrons. The summed E-state index contributed by atoms with van der Waals surface area (Å²) in [5.41, 5.74) is 0. The van der Waals surface area contributed by atoms with E-state index in [1.807, 2.05) is 6.92 Å². The van der Waals surface area contributed by atoms with Crippen LogP contribution in [0.5, 0.6) is 0 Å². The summed E-state index contributed by atoms with van der Waals surface area (Å²) in [5, 5.41) is 14.2. The van der Waals surface area contributed by atoms with Crippen molar-refractivity contribution in [3.05, 3.63) is 5.89 Å². The van der Waals surface area contributed by atoms with E-state index in [2.05, 4.69) is 27.8 Å². The Labute approximate surface area is 110 Å². The summed E-state index contributed by atoms with van der Waals surface area (Å²) in [4.78, 5) is 0. The second-order valence-corrected chi connectivity index (χ2v) is 5.73. The van der Waals surface area contributed by atoms with Crippen molar-refractivity contribution in [2.45, 2.75) is 32.7 Å². The van der Waals surface area contributed by atoms with Crippen LogP contribution in [0.1, 0.15) is 38.6 Å². The molecule has 0 aromatic carbocycles. The van der Waals surface area contributed by atoms with Crippen LogP contribution in [0.2, 0.25) is 0 Å². The Morgan fingerprint density at radius 2 is 2.17 bits per heavy atom. The molecular formula is C11H22N4O2S. The predicted molar refractivity (Wildman–Crippen MR) is 73.0 cm³/mol. The van der Waals surface area contributed by atoms with Crippen molar-refractivity contribution in [2.24, 2.45) is 0 Å². The third kappa shape index (κ3) is 5.59. The van der Waals surface area contributed by atoms with E-state index in [9.17, 15) is 4.21 Å². The SMILES string of the molecule is CCCNC(C)c1nnc(NCCCS(C)=O)o1. The first-order valence-corrected chi connectivity index (χ1v) is 7.97. The van der Waals surface area contributed by atoms with Gasteiger partial charge in [-0.1, -0.05) is 12.0 Å². The molecule has 1 aromatic rings. The molecule has 2 atom stereocenters. The van der Waals surface area contributed by atoms with E-state index in [0.717, 1.165) is 19.4 Å². The zero-order chi connectivity index (χ0) is 13.4. The average molecular weight is 274 g/mol. The molecule has 0 aliphatic rings. The second-order valence-electron chi connectivity index (χ2n) is 4.18. The van der Waals surface area contributed by atoms with E-state index in [-0.39, 0.29) is 6.04 Å². The third-order valence-corrected chi connectivity index (χ3v) is 3.26. The molecule has 18 heavy (non-hydrogen) atoms. The summed E-state index contributed by atoms with van der Waals surface area (Å²) >= 11 is 0. The van der Waals surface area contributed by atoms with E-state index in [1.54, 1.807) is 6.26 Å². The largest absolute Gasteiger partial charge is 0.406 e. The molecule has 0 aliphatic carbocycles. The molecular weight excluding hydrogens is 252 g/mol. The minimum absolute atomic E-state index is 0.0659. The van der Waals surface area contributed by atoms with Gasteiger partial charge in [0.2, 0.25) is 5.89 Å². The van der Waals surface area contributed by atoms with Gasteiger partial charge in [-0.2, -0.15) is 0 Å². The normalized spacial score (nSPS) is 14.4. The predicted octanol–water partition coefficient (Wildman–Crippen LogP) is 1.31. The van der Waals surface area contributed by atoms with Crippen LogP contribution in [0.25, 0.3) is 0 Å². The lowest BCUT2D eigenvalue weighted by Gasteiger charge is -2.07. The summed E-state index contributed by atoms with van der Waals surface area (Å²) < 4.78 is 16.4. The molecule has 0 saturated carbocycles. The highest BCUT2D eigenvalue weighted by atomic mass is 32.2. The molecule has 0 fully saturated rings. The van der Waals surface area contributed by atoms with Crippen molar-refractivity contribution in [3.8, 4) is 0 Å². The van der Waals surface area contributed by atoms with Gasteiger partial charge in [0, 0.05) is 29.4 Å². The van der Waals surface area contributed by atoms with Gasteiger partial charge in [-0.3, -0.25) is 4.21 Å². The van der Waals surface area contributed by atoms with Crippen LogP contribution in [0.4, 0.5) is 6.01 Å². The van der Waals surface area contributed by atoms with Gasteiger partial charge in [-0.15, -0.1) is 5.10 Å². The Morgan fingerprint density at radius 3 is 2.83 bits per heavy atom. The third-order valence-electron chi connectivity index (χ3n) is 2.40. The molecule has 2 unspecified atom stereocenters. The van der Waals surface area contributed by atoms with Gasteiger partial charge in [-0.25, -0.2) is 0 Å². The van der Waals surface area contributed by atoms with E-state index in [4.69, 9.17) is 4.42 Å². The Bertz CT molecular complexity index is 370. The molecule has 6 nitrogen and oxygen atoms in total. The van der Waals surface area contributed by atoms with Gasteiger partial charge in [0.15, 0.2) is 0 Å². The van der Waals surface area contributed by atoms with Crippen molar-refractivity contribution in [1.82, 2.24) is 15.5 Å². The van der Waals surface area contributed by atoms with E-state index < -0.39 is 10.8 Å². The van der Waals surface area contributed by atoms with Gasteiger partial charge in [-0.05, 0) is 26.3 Å². The van der Waals surface area contributed by atoms with Gasteiger partial charge in [0.1, 0.15) is 0 Å². The van der Waals surface area contributed by atoms with Gasteiger partial charge in [0.25, 0.3) is 0 Å². The molecule has 1 heterocycles. The standard InChI is InChI=1S/C11H22N4O2S/c1-4-6-12-9(2)10-14-15-11(17-10)13-7-5-8-18(3)16/h9,12H,4-8H2,1-3H3,(H,13,15). The number of nitrogens with zero attached hydrogens (tertiary/aromatic N) is 2. The topological polar surface area (TPSA) is 80.0 Å². The van der Waals surface area contributed by atoms with Crippen LogP contribution in [0.3, 0.4) is 0 Å². The van der Waals surface area contributed by atoms with Crippen molar-refractivity contribution >= 4 is 16.8 Å². The first-order chi connectivity index (χ1) is 8.63. The maximum absolute atomic E-state index is 10.9. The highest BCUT2D eigenvalue weighted by Crippen LogP contribution is 2.13. The van der Waals surface area contributed by atoms with E-state index in [1.165, 1.54) is 0 Å². The van der Waals surface area contributed by atoms with Gasteiger partial charge < -0.3 is 15.1 Å². The Hall–Kier alpha value is -0.950. The summed E-state index contributed by atoms with van der Waals surface area (Å²) in [6.45, 7) is 5.72. The van der Waals surface area contributed by atoms with Crippen molar-refractivity contribution in [2.75, 3.05) is 30.4 Å². The van der Waals surface area contributed by atoms with Crippen molar-refractivity contribution in [3.63, 3.8) is 0 Å². The summed E-state index contributed by atoms with van der Waals surface area (Å²) in [5.74, 6) is 1.27. The number of rotatable bonds is 9. The molecule has 1 rings (SSSR count). The van der Waals surface area contributed by atoms with Crippen LogP contribution in [-0.2, 0) is 10.8 Å². The van der Waals surface area contributed by atoms with Gasteiger partial charge >= 0.3 is 6.01 Å². The van der Waals surface area contributed by atoms with Crippen LogP contribution in [-0.4, -0.2) is 39.5 Å². The lowest BCUT2D eigenvalue weighted by molar-refractivity contribution is 0.423. The maximum atomic E-state index is 10.9. The first-order valence-electron chi connectivity index (χ1n) is 6.24. The van der Waals surface area contributed by atoms with Crippen LogP contribution in [0, 0.1) is 0 Å². The Kier molecular flexibility index (Phi) is 6.89. The molecule has 7 heteroatoms. The maximum Gasteiger partial charge on any atom is 0.315 e. The molecule has 0 bridgehead atoms. The summed E-state index contributed by atoms with van der Waals surface area (Å²) in [6.07, 6.45) is 3.59. The zero-order valence-corrected chi connectivity index (χ0v) is 12.0. The fourth-order valence-corrected chi connectivity index (χ4v) is 1.95. The lowest BCUT2D eigenvalue weighted by Crippen LogP contribution is -2.19. The zero-order valence-electron chi connectivity index (χ0n) is 11.2. The molecule has 0 amide bonds. The van der Waals surface area contributed by atoms with Crippen molar-refractivity contribution < 1.29 is 8.63 Å². The highest BCUT2D eigenvalue weighted by Gasteiger charge is 2.12. The van der Waals surface area contributed by atoms with Crippen LogP contribution >= 0.6 is 0 Å². The minimum atomic E-state index is -0.746.